The van der Waals surface area contributed by atoms with Gasteiger partial charge in [-0.15, -0.1) is 0 Å². The number of Topliss-reactive ketones (excluding diaryl/α,β-unsaturated/α-hetero) is 2. The molecule has 0 saturated carbocycles. The van der Waals surface area contributed by atoms with Crippen molar-refractivity contribution in [2.75, 3.05) is 40.0 Å². The SMILES string of the molecule is COc1cc(C)c(S(=O)(=O)NC(N)=NCCC[C@H](CC(=O)C2(NC(=O)[C@@H](Cc3ccc(C)cc3)NC(=O)OCC3c4ccccc4-c4ccccc43)CCN(C(=O)OC(C)(C)C)CC2)C(=O)CO)c(C)c1C. The van der Waals surface area contributed by atoms with Crippen molar-refractivity contribution in [3.05, 3.63) is 118 Å². The topological polar surface area (TPSA) is 245 Å². The Labute approximate surface area is 422 Å². The molecule has 4 aromatic rings. The van der Waals surface area contributed by atoms with Crippen LogP contribution in [0.2, 0.25) is 0 Å². The Balaban J connectivity index is 1.19. The van der Waals surface area contributed by atoms with Crippen molar-refractivity contribution in [1.29, 1.82) is 0 Å². The largest absolute Gasteiger partial charge is 0.496 e. The number of ether oxygens (including phenoxy) is 3. The summed E-state index contributed by atoms with van der Waals surface area (Å²) in [5, 5.41) is 15.8. The Hall–Kier alpha value is -6.79. The van der Waals surface area contributed by atoms with Crippen LogP contribution in [-0.2, 0) is 40.3 Å². The number of benzene rings is 4. The molecular weight excluding hydrogens is 941 g/mol. The molecule has 3 amide bonds. The van der Waals surface area contributed by atoms with Crippen LogP contribution >= 0.6 is 0 Å². The van der Waals surface area contributed by atoms with E-state index in [4.69, 9.17) is 19.9 Å². The molecule has 18 heteroatoms. The summed E-state index contributed by atoms with van der Waals surface area (Å²) in [5.74, 6) is -2.92. The lowest BCUT2D eigenvalue weighted by molar-refractivity contribution is -0.137. The maximum atomic E-state index is 14.8. The van der Waals surface area contributed by atoms with Crippen LogP contribution in [-0.4, -0.2) is 111 Å². The van der Waals surface area contributed by atoms with E-state index in [-0.39, 0.29) is 75.1 Å². The first kappa shape index (κ1) is 54.5. The fraction of sp³-hybridized carbons (Fsp3) is 0.444. The third-order valence-electron chi connectivity index (χ3n) is 13.4. The number of aryl methyl sites for hydroxylation is 2. The van der Waals surface area contributed by atoms with Crippen LogP contribution in [0, 0.1) is 33.6 Å². The number of aliphatic hydroxyl groups is 1. The molecule has 6 N–H and O–H groups in total. The summed E-state index contributed by atoms with van der Waals surface area (Å²) in [5.41, 5.74) is 11.1. The smallest absolute Gasteiger partial charge is 0.410 e. The summed E-state index contributed by atoms with van der Waals surface area (Å²) < 4.78 is 46.1. The molecule has 0 aromatic heterocycles. The zero-order chi connectivity index (χ0) is 52.5. The lowest BCUT2D eigenvalue weighted by atomic mass is 9.78. The number of aliphatic imine (C=N–C) groups is 1. The van der Waals surface area contributed by atoms with E-state index in [2.05, 4.69) is 20.3 Å². The number of rotatable bonds is 19. The molecule has 1 fully saturated rings. The van der Waals surface area contributed by atoms with Gasteiger partial charge in [0.25, 0.3) is 10.0 Å². The molecule has 0 radical (unpaired) electrons. The van der Waals surface area contributed by atoms with E-state index in [1.807, 2.05) is 79.7 Å². The number of guanidine groups is 1. The number of hydrogen-bond acceptors (Lipinski definition) is 12. The standard InChI is InChI=1S/C54H68N6O11S/c1-33-19-21-37(22-20-33)29-44(57-51(65)70-32-43-41-17-11-9-15-39(41)40-16-10-12-18-42(40)43)49(64)58-54(23-26-60(27-24-54)52(66)71-53(5,6)7)47(63)30-38(45(62)31-61)14-13-25-56-50(55)59-72(67,68)48-34(2)28-46(69-8)35(3)36(48)4/h9-12,15-22,28,38,43-44,61H,13-14,23-27,29-32H2,1-8H3,(H,57,65)(H,58,64)(H3,55,56,59)/t38-,44-/m1/s1. The summed E-state index contributed by atoms with van der Waals surface area (Å²) in [7, 11) is -2.65. The number of nitrogens with zero attached hydrogens (tertiary/aromatic N) is 2. The monoisotopic (exact) mass is 1010 g/mol. The van der Waals surface area contributed by atoms with Gasteiger partial charge < -0.3 is 40.6 Å². The Morgan fingerprint density at radius 3 is 2.10 bits per heavy atom. The highest BCUT2D eigenvalue weighted by Crippen LogP contribution is 2.44. The second-order valence-electron chi connectivity index (χ2n) is 19.7. The molecule has 2 aliphatic rings. The number of amides is 3. The van der Waals surface area contributed by atoms with Crippen LogP contribution in [0.1, 0.15) is 97.7 Å². The number of nitrogens with two attached hydrogens (primary N) is 1. The molecule has 1 heterocycles. The van der Waals surface area contributed by atoms with Crippen LogP contribution in [0.5, 0.6) is 5.75 Å². The summed E-state index contributed by atoms with van der Waals surface area (Å²) >= 11 is 0. The average Bonchev–Trinajstić information content (AvgIpc) is 3.65. The van der Waals surface area contributed by atoms with Gasteiger partial charge in [-0.1, -0.05) is 78.4 Å². The number of carbonyl (C=O) groups excluding carboxylic acids is 5. The van der Waals surface area contributed by atoms with Crippen molar-refractivity contribution in [3.63, 3.8) is 0 Å². The highest BCUT2D eigenvalue weighted by molar-refractivity contribution is 7.90. The first-order valence-corrected chi connectivity index (χ1v) is 25.7. The molecule has 1 saturated heterocycles. The van der Waals surface area contributed by atoms with Crippen molar-refractivity contribution in [1.82, 2.24) is 20.3 Å². The number of methoxy groups -OCH3 is 1. The number of piperidine rings is 1. The van der Waals surface area contributed by atoms with Crippen molar-refractivity contribution >= 4 is 45.6 Å². The molecule has 0 unspecified atom stereocenters. The predicted molar refractivity (Wildman–Crippen MR) is 273 cm³/mol. The van der Waals surface area contributed by atoms with Crippen LogP contribution in [0.25, 0.3) is 11.1 Å². The maximum Gasteiger partial charge on any atom is 0.410 e. The van der Waals surface area contributed by atoms with Crippen LogP contribution in [0.4, 0.5) is 9.59 Å². The van der Waals surface area contributed by atoms with Crippen molar-refractivity contribution in [2.45, 2.75) is 115 Å². The molecule has 6 rings (SSSR count). The molecule has 1 aliphatic heterocycles. The van der Waals surface area contributed by atoms with Gasteiger partial charge in [-0.25, -0.2) is 22.7 Å². The molecule has 0 spiro atoms. The number of hydrogen-bond donors (Lipinski definition) is 5. The van der Waals surface area contributed by atoms with E-state index in [1.54, 1.807) is 47.6 Å². The second-order valence-corrected chi connectivity index (χ2v) is 21.3. The van der Waals surface area contributed by atoms with Crippen LogP contribution in [0.3, 0.4) is 0 Å². The first-order chi connectivity index (χ1) is 34.1. The highest BCUT2D eigenvalue weighted by atomic mass is 32.2. The van der Waals surface area contributed by atoms with Crippen molar-refractivity contribution in [2.24, 2.45) is 16.6 Å². The molecule has 2 atom stereocenters. The molecule has 17 nitrogen and oxygen atoms in total. The first-order valence-electron chi connectivity index (χ1n) is 24.2. The summed E-state index contributed by atoms with van der Waals surface area (Å²) in [6, 6.07) is 23.7. The van der Waals surface area contributed by atoms with Crippen molar-refractivity contribution < 1.29 is 51.7 Å². The normalized spacial score (nSPS) is 15.3. The zero-order valence-corrected chi connectivity index (χ0v) is 43.2. The van der Waals surface area contributed by atoms with Crippen molar-refractivity contribution in [3.8, 4) is 16.9 Å². The van der Waals surface area contributed by atoms with E-state index < -0.39 is 75.8 Å². The van der Waals surface area contributed by atoms with E-state index in [0.29, 0.717) is 22.4 Å². The Kier molecular flexibility index (Phi) is 17.6. The van der Waals surface area contributed by atoms with E-state index in [9.17, 15) is 37.5 Å². The number of alkyl carbamates (subject to hydrolysis) is 1. The van der Waals surface area contributed by atoms with Crippen LogP contribution in [0.15, 0.2) is 88.8 Å². The van der Waals surface area contributed by atoms with Gasteiger partial charge in [0.05, 0.1) is 12.0 Å². The molecule has 4 aromatic carbocycles. The van der Waals surface area contributed by atoms with Crippen LogP contribution < -0.4 is 25.8 Å². The van der Waals surface area contributed by atoms with Gasteiger partial charge in [0.2, 0.25) is 11.9 Å². The predicted octanol–water partition coefficient (Wildman–Crippen LogP) is 6.47. The molecular formula is C54H68N6O11S. The average molecular weight is 1010 g/mol. The minimum atomic E-state index is -4.15. The minimum absolute atomic E-state index is 0.00173. The maximum absolute atomic E-state index is 14.8. The Bertz CT molecular complexity index is 2750. The third kappa shape index (κ3) is 13.2. The van der Waals surface area contributed by atoms with E-state index >= 15 is 0 Å². The van der Waals surface area contributed by atoms with E-state index in [0.717, 1.165) is 33.4 Å². The second kappa shape index (κ2) is 23.2. The van der Waals surface area contributed by atoms with Gasteiger partial charge in [0.15, 0.2) is 11.6 Å². The number of likely N-dealkylation sites (tertiary alicyclic amines) is 1. The minimum Gasteiger partial charge on any atom is -0.496 e. The molecule has 386 valence electrons. The van der Waals surface area contributed by atoms with Gasteiger partial charge >= 0.3 is 12.2 Å². The fourth-order valence-electron chi connectivity index (χ4n) is 9.48. The Morgan fingerprint density at radius 1 is 0.903 bits per heavy atom. The number of carbonyl (C=O) groups is 5. The number of aliphatic hydroxyl groups excluding tert-OH is 1. The fourth-order valence-corrected chi connectivity index (χ4v) is 11.0. The quantitative estimate of drug-likeness (QED) is 0.0385. The van der Waals surface area contributed by atoms with Gasteiger partial charge in [0.1, 0.15) is 36.1 Å². The number of nitrogens with one attached hydrogen (secondary N) is 3. The highest BCUT2D eigenvalue weighted by Gasteiger charge is 2.46. The lowest BCUT2D eigenvalue weighted by Crippen LogP contribution is -2.64. The molecule has 72 heavy (non-hydrogen) atoms. The van der Waals surface area contributed by atoms with Gasteiger partial charge in [0, 0.05) is 44.3 Å². The molecule has 1 aliphatic carbocycles. The lowest BCUT2D eigenvalue weighted by Gasteiger charge is -2.42. The number of sulfonamides is 1. The summed E-state index contributed by atoms with van der Waals surface area (Å²) in [6.45, 7) is 11.3. The number of fused-ring (bicyclic) bond motifs is 3. The van der Waals surface area contributed by atoms with Gasteiger partial charge in [-0.05, 0) is 125 Å². The zero-order valence-electron chi connectivity index (χ0n) is 42.4. The van der Waals surface area contributed by atoms with Gasteiger partial charge in [-0.2, -0.15) is 0 Å². The molecule has 0 bridgehead atoms. The Morgan fingerprint density at radius 2 is 1.51 bits per heavy atom. The summed E-state index contributed by atoms with van der Waals surface area (Å²) in [4.78, 5) is 75.5. The van der Waals surface area contributed by atoms with Gasteiger partial charge in [-0.3, -0.25) is 19.4 Å². The third-order valence-corrected chi connectivity index (χ3v) is 15.1. The van der Waals surface area contributed by atoms with E-state index in [1.165, 1.54) is 12.0 Å². The summed E-state index contributed by atoms with van der Waals surface area (Å²) in [6.07, 6.45) is -1.67. The number of ketones is 2.